The molecular weight excluding hydrogens is 646 g/mol. The molecule has 0 aromatic heterocycles. The standard InChI is InChI=1S/C26H39N3.2C7H5O.Zr/c1-15-17(3)21(7)25(22(8)18(15)4)28-13-11-27-12-14-29-26-23(9)19(5)16(2)20(6)24(26)10;2*8-6-7-4-2-1-3-5-7;/h27H,11-14H2,1-10H3;2*1-5H;/q-2;2*-1;. The molecule has 0 bridgehead atoms. The van der Waals surface area contributed by atoms with E-state index < -0.39 is 0 Å². The van der Waals surface area contributed by atoms with Crippen LogP contribution in [0.1, 0.15) is 66.8 Å². The Morgan fingerprint density at radius 1 is 0.457 bits per heavy atom. The van der Waals surface area contributed by atoms with Crippen molar-refractivity contribution >= 4 is 23.9 Å². The third kappa shape index (κ3) is 11.5. The molecule has 6 heteroatoms. The summed E-state index contributed by atoms with van der Waals surface area (Å²) in [5.41, 5.74) is 17.1. The predicted octanol–water partition coefficient (Wildman–Crippen LogP) is 9.36. The third-order valence-electron chi connectivity index (χ3n) is 8.82. The summed E-state index contributed by atoms with van der Waals surface area (Å²) in [6.45, 7) is 25.3. The molecule has 0 radical (unpaired) electrons. The Labute approximate surface area is 297 Å². The predicted molar refractivity (Wildman–Crippen MR) is 191 cm³/mol. The van der Waals surface area contributed by atoms with Crippen LogP contribution in [0.15, 0.2) is 60.7 Å². The summed E-state index contributed by atoms with van der Waals surface area (Å²) in [6.07, 6.45) is 3.55. The second kappa shape index (κ2) is 20.7. The summed E-state index contributed by atoms with van der Waals surface area (Å²) in [4.78, 5) is 19.8. The minimum absolute atomic E-state index is 0. The molecule has 46 heavy (non-hydrogen) atoms. The number of benzene rings is 4. The topological polar surface area (TPSA) is 74.4 Å². The maximum atomic E-state index is 9.88. The second-order valence-corrected chi connectivity index (χ2v) is 11.4. The van der Waals surface area contributed by atoms with E-state index in [-0.39, 0.29) is 26.2 Å². The van der Waals surface area contributed by atoms with Gasteiger partial charge in [-0.3, -0.25) is 0 Å². The van der Waals surface area contributed by atoms with Gasteiger partial charge in [0.2, 0.25) is 0 Å². The number of carbonyl (C=O) groups excluding carboxylic acids is 2. The monoisotopic (exact) mass is 693 g/mol. The molecule has 0 fully saturated rings. The Morgan fingerprint density at radius 3 is 0.957 bits per heavy atom. The fourth-order valence-corrected chi connectivity index (χ4v) is 5.07. The van der Waals surface area contributed by atoms with Crippen LogP contribution in [-0.2, 0) is 35.8 Å². The van der Waals surface area contributed by atoms with Gasteiger partial charge in [-0.05, 0) is 116 Å². The van der Waals surface area contributed by atoms with Crippen LogP contribution in [0.3, 0.4) is 0 Å². The van der Waals surface area contributed by atoms with Crippen molar-refractivity contribution in [2.75, 3.05) is 26.2 Å². The Bertz CT molecular complexity index is 1380. The average Bonchev–Trinajstić information content (AvgIpc) is 3.08. The molecule has 4 aromatic carbocycles. The summed E-state index contributed by atoms with van der Waals surface area (Å²) in [7, 11) is 0. The van der Waals surface area contributed by atoms with Crippen molar-refractivity contribution in [3.63, 3.8) is 0 Å². The maximum absolute atomic E-state index is 9.88. The van der Waals surface area contributed by atoms with E-state index in [0.29, 0.717) is 11.1 Å². The molecule has 0 saturated carbocycles. The number of rotatable bonds is 10. The van der Waals surface area contributed by atoms with Gasteiger partial charge >= 0.3 is 0 Å². The summed E-state index contributed by atoms with van der Waals surface area (Å²) in [5, 5.41) is 13.3. The van der Waals surface area contributed by atoms with Gasteiger partial charge in [-0.25, -0.2) is 0 Å². The molecule has 0 aliphatic rings. The van der Waals surface area contributed by atoms with Crippen molar-refractivity contribution in [3.8, 4) is 0 Å². The third-order valence-corrected chi connectivity index (χ3v) is 8.82. The van der Waals surface area contributed by atoms with Crippen LogP contribution in [0.2, 0.25) is 0 Å². The van der Waals surface area contributed by atoms with Crippen LogP contribution in [-0.4, -0.2) is 38.8 Å². The van der Waals surface area contributed by atoms with Gasteiger partial charge in [-0.1, -0.05) is 34.4 Å². The van der Waals surface area contributed by atoms with E-state index in [4.69, 9.17) is 10.6 Å². The van der Waals surface area contributed by atoms with Crippen LogP contribution in [0.4, 0.5) is 11.4 Å². The first-order valence-electron chi connectivity index (χ1n) is 15.5. The van der Waals surface area contributed by atoms with Crippen molar-refractivity contribution in [2.45, 2.75) is 69.2 Å². The Balaban J connectivity index is 0.000000503. The van der Waals surface area contributed by atoms with Crippen molar-refractivity contribution < 1.29 is 35.8 Å². The molecule has 0 saturated heterocycles. The van der Waals surface area contributed by atoms with Crippen LogP contribution in [0.5, 0.6) is 0 Å². The minimum Gasteiger partial charge on any atom is -0.683 e. The fourth-order valence-electron chi connectivity index (χ4n) is 5.07. The van der Waals surface area contributed by atoms with Crippen LogP contribution in [0, 0.1) is 69.2 Å². The summed E-state index contributed by atoms with van der Waals surface area (Å²) in [6, 6.07) is 17.8. The maximum Gasteiger partial charge on any atom is 0.0627 e. The quantitative estimate of drug-likeness (QED) is 0.133. The fraction of sp³-hybridized carbons (Fsp3) is 0.350. The van der Waals surface area contributed by atoms with Crippen molar-refractivity contribution in [1.29, 1.82) is 0 Å². The molecular formula is C40H49N3O2Zr-4. The number of nitrogens with zero attached hydrogens (tertiary/aromatic N) is 2. The summed E-state index contributed by atoms with van der Waals surface area (Å²) in [5.74, 6) is 0. The zero-order chi connectivity index (χ0) is 33.5. The summed E-state index contributed by atoms with van der Waals surface area (Å²) < 4.78 is 0. The van der Waals surface area contributed by atoms with Crippen molar-refractivity contribution in [2.24, 2.45) is 0 Å². The Hall–Kier alpha value is -3.34. The average molecular weight is 695 g/mol. The zero-order valence-electron chi connectivity index (χ0n) is 29.3. The van der Waals surface area contributed by atoms with Crippen LogP contribution in [0.25, 0.3) is 10.6 Å². The van der Waals surface area contributed by atoms with Gasteiger partial charge in [-0.2, -0.15) is 35.4 Å². The molecule has 0 atom stereocenters. The van der Waals surface area contributed by atoms with E-state index in [1.807, 2.05) is 12.1 Å². The molecule has 0 amide bonds. The van der Waals surface area contributed by atoms with Gasteiger partial charge in [-0.15, -0.1) is 48.7 Å². The van der Waals surface area contributed by atoms with Gasteiger partial charge < -0.3 is 25.5 Å². The van der Waals surface area contributed by atoms with Gasteiger partial charge in [0.05, 0.1) is 12.6 Å². The van der Waals surface area contributed by atoms with E-state index in [0.717, 1.165) is 26.2 Å². The number of hydrogen-bond acceptors (Lipinski definition) is 3. The molecule has 0 unspecified atom stereocenters. The minimum atomic E-state index is 0. The van der Waals surface area contributed by atoms with Crippen molar-refractivity contribution in [3.05, 3.63) is 138 Å². The molecule has 0 heterocycles. The van der Waals surface area contributed by atoms with Gasteiger partial charge in [0.1, 0.15) is 0 Å². The van der Waals surface area contributed by atoms with Gasteiger partial charge in [0.15, 0.2) is 0 Å². The van der Waals surface area contributed by atoms with Crippen LogP contribution < -0.4 is 5.32 Å². The van der Waals surface area contributed by atoms with E-state index in [9.17, 15) is 9.59 Å². The molecule has 4 aromatic rings. The van der Waals surface area contributed by atoms with Crippen LogP contribution >= 0.6 is 0 Å². The molecule has 4 rings (SSSR count). The first-order chi connectivity index (χ1) is 21.5. The van der Waals surface area contributed by atoms with E-state index >= 15 is 0 Å². The Kier molecular flexibility index (Phi) is 18.3. The van der Waals surface area contributed by atoms with Crippen molar-refractivity contribution in [1.82, 2.24) is 5.32 Å². The normalized spacial score (nSPS) is 9.96. The SMILES string of the molecule is Cc1c(C)c(C)c([N-]CCNCC[N-]c2c(C)c(C)c(C)c(C)c2C)c(C)c1C.O=[C-]c1ccccc1.O=[C-]c1ccccc1.[Zr]. The number of nitrogens with one attached hydrogen (secondary N) is 1. The number of hydrogen-bond donors (Lipinski definition) is 1. The van der Waals surface area contributed by atoms with E-state index in [1.54, 1.807) is 61.1 Å². The molecule has 0 spiro atoms. The first-order valence-corrected chi connectivity index (χ1v) is 15.5. The molecule has 5 nitrogen and oxygen atoms in total. The zero-order valence-corrected chi connectivity index (χ0v) is 31.8. The van der Waals surface area contributed by atoms with E-state index in [2.05, 4.69) is 74.6 Å². The molecule has 0 aliphatic heterocycles. The largest absolute Gasteiger partial charge is 0.683 e. The smallest absolute Gasteiger partial charge is 0.0627 e. The second-order valence-electron chi connectivity index (χ2n) is 11.4. The molecule has 1 N–H and O–H groups in total. The molecule has 0 aliphatic carbocycles. The summed E-state index contributed by atoms with van der Waals surface area (Å²) >= 11 is 0. The van der Waals surface area contributed by atoms with E-state index in [1.165, 1.54) is 67.0 Å². The van der Waals surface area contributed by atoms with Gasteiger partial charge in [0.25, 0.3) is 0 Å². The molecule has 244 valence electrons. The Morgan fingerprint density at radius 2 is 0.717 bits per heavy atom. The van der Waals surface area contributed by atoms with Gasteiger partial charge in [0, 0.05) is 26.2 Å². The first kappa shape index (κ1) is 40.7.